The number of quaternary nitrogens is 1. The van der Waals surface area contributed by atoms with Gasteiger partial charge in [0.05, 0.1) is 26.2 Å². The smallest absolute Gasteiger partial charge is 0.227 e. The number of hydrogen-bond acceptors (Lipinski definition) is 3. The summed E-state index contributed by atoms with van der Waals surface area (Å²) in [5.74, 6) is -1.91. The molecule has 0 radical (unpaired) electrons. The maximum atomic E-state index is 13.3. The van der Waals surface area contributed by atoms with Crippen molar-refractivity contribution in [3.8, 4) is 0 Å². The Labute approximate surface area is 152 Å². The third kappa shape index (κ3) is 3.22. The summed E-state index contributed by atoms with van der Waals surface area (Å²) in [4.78, 5) is 27.7. The number of nitrogens with one attached hydrogen (secondary N) is 1. The molecule has 3 fully saturated rings. The van der Waals surface area contributed by atoms with E-state index in [0.717, 1.165) is 44.5 Å². The van der Waals surface area contributed by atoms with Gasteiger partial charge in [0.2, 0.25) is 5.91 Å². The monoisotopic (exact) mass is 360 g/mol. The molecule has 2 aliphatic carbocycles. The number of amides is 1. The number of halogens is 1. The average Bonchev–Trinajstić information content (AvgIpc) is 3.23. The molecule has 1 aromatic rings. The highest BCUT2D eigenvalue weighted by molar-refractivity contribution is 5.85. The summed E-state index contributed by atoms with van der Waals surface area (Å²) in [5.41, 5.74) is 0.963. The molecule has 2 saturated carbocycles. The highest BCUT2D eigenvalue weighted by Gasteiger charge is 2.52. The van der Waals surface area contributed by atoms with Crippen molar-refractivity contribution in [2.75, 3.05) is 26.2 Å². The molecule has 0 aromatic heterocycles. The second kappa shape index (κ2) is 6.99. The van der Waals surface area contributed by atoms with Crippen LogP contribution >= 0.6 is 0 Å². The molecule has 1 heterocycles. The summed E-state index contributed by atoms with van der Waals surface area (Å²) < 4.78 is 13.3. The fourth-order valence-corrected chi connectivity index (χ4v) is 5.35. The molecule has 1 amide bonds. The van der Waals surface area contributed by atoms with E-state index in [2.05, 4.69) is 0 Å². The summed E-state index contributed by atoms with van der Waals surface area (Å²) in [5, 5.41) is 11.6. The van der Waals surface area contributed by atoms with Crippen molar-refractivity contribution in [2.24, 2.45) is 23.7 Å². The van der Waals surface area contributed by atoms with E-state index in [1.807, 2.05) is 11.0 Å². The van der Waals surface area contributed by atoms with Crippen molar-refractivity contribution in [2.45, 2.75) is 25.8 Å². The minimum atomic E-state index is -1.05. The van der Waals surface area contributed by atoms with Crippen molar-refractivity contribution < 1.29 is 24.0 Å². The van der Waals surface area contributed by atoms with Crippen LogP contribution in [0.3, 0.4) is 0 Å². The first-order valence-electron chi connectivity index (χ1n) is 9.60. The fourth-order valence-electron chi connectivity index (χ4n) is 5.35. The number of rotatable bonds is 4. The number of aliphatic carboxylic acids is 1. The topological polar surface area (TPSA) is 64.9 Å². The SMILES string of the molecule is O=C([O-])[C@H]1[C@H]2CC[C@H](C2)[C@H]1C(=O)N1CC[NH+](Cc2cccc(F)c2)CC1. The maximum absolute atomic E-state index is 13.3. The van der Waals surface area contributed by atoms with E-state index in [-0.39, 0.29) is 29.5 Å². The first kappa shape index (κ1) is 17.5. The maximum Gasteiger partial charge on any atom is 0.227 e. The number of carboxylic acids is 1. The minimum absolute atomic E-state index is 0.0104. The van der Waals surface area contributed by atoms with Gasteiger partial charge in [-0.05, 0) is 43.2 Å². The summed E-state index contributed by atoms with van der Waals surface area (Å²) >= 11 is 0. The van der Waals surface area contributed by atoms with Crippen LogP contribution < -0.4 is 10.0 Å². The number of carboxylic acid groups (broad SMARTS) is 1. The van der Waals surface area contributed by atoms with E-state index >= 15 is 0 Å². The molecular weight excluding hydrogens is 335 g/mol. The summed E-state index contributed by atoms with van der Waals surface area (Å²) in [6.07, 6.45) is 2.74. The Kier molecular flexibility index (Phi) is 4.69. The van der Waals surface area contributed by atoms with Crippen LogP contribution in [0.4, 0.5) is 4.39 Å². The van der Waals surface area contributed by atoms with Crippen LogP contribution in [-0.2, 0) is 16.1 Å². The molecule has 26 heavy (non-hydrogen) atoms. The number of benzene rings is 1. The Morgan fingerprint density at radius 2 is 1.85 bits per heavy atom. The summed E-state index contributed by atoms with van der Waals surface area (Å²) in [7, 11) is 0. The van der Waals surface area contributed by atoms with Crippen LogP contribution in [0.25, 0.3) is 0 Å². The molecule has 1 saturated heterocycles. The summed E-state index contributed by atoms with van der Waals surface area (Å²) in [6, 6.07) is 6.65. The van der Waals surface area contributed by atoms with E-state index in [1.54, 1.807) is 12.1 Å². The molecule has 1 aromatic carbocycles. The lowest BCUT2D eigenvalue weighted by atomic mass is 9.78. The van der Waals surface area contributed by atoms with Crippen molar-refractivity contribution in [3.05, 3.63) is 35.6 Å². The highest BCUT2D eigenvalue weighted by atomic mass is 19.1. The Hall–Kier alpha value is -1.95. The Bertz CT molecular complexity index is 702. The number of carbonyl (C=O) groups excluding carboxylic acids is 2. The van der Waals surface area contributed by atoms with Crippen molar-refractivity contribution in [3.63, 3.8) is 0 Å². The first-order chi connectivity index (χ1) is 12.5. The van der Waals surface area contributed by atoms with Gasteiger partial charge < -0.3 is 19.7 Å². The van der Waals surface area contributed by atoms with Gasteiger partial charge in [0.1, 0.15) is 12.4 Å². The lowest BCUT2D eigenvalue weighted by molar-refractivity contribution is -0.917. The van der Waals surface area contributed by atoms with Gasteiger partial charge in [-0.15, -0.1) is 0 Å². The van der Waals surface area contributed by atoms with Gasteiger partial charge in [-0.25, -0.2) is 4.39 Å². The highest BCUT2D eigenvalue weighted by Crippen LogP contribution is 2.52. The first-order valence-corrected chi connectivity index (χ1v) is 9.60. The zero-order valence-electron chi connectivity index (χ0n) is 14.8. The molecular formula is C20H25FN2O3. The van der Waals surface area contributed by atoms with E-state index < -0.39 is 11.9 Å². The van der Waals surface area contributed by atoms with Crippen LogP contribution in [0.2, 0.25) is 0 Å². The van der Waals surface area contributed by atoms with Gasteiger partial charge in [-0.1, -0.05) is 12.1 Å². The predicted molar refractivity (Wildman–Crippen MR) is 90.2 cm³/mol. The Balaban J connectivity index is 1.36. The molecule has 2 bridgehead atoms. The molecule has 4 rings (SSSR count). The van der Waals surface area contributed by atoms with Gasteiger partial charge >= 0.3 is 0 Å². The number of carbonyl (C=O) groups is 2. The Morgan fingerprint density at radius 3 is 2.50 bits per heavy atom. The van der Waals surface area contributed by atoms with Gasteiger partial charge in [0.25, 0.3) is 0 Å². The zero-order valence-corrected chi connectivity index (χ0v) is 14.8. The second-order valence-corrected chi connectivity index (χ2v) is 8.09. The lowest BCUT2D eigenvalue weighted by Crippen LogP contribution is -3.13. The predicted octanol–water partition coefficient (Wildman–Crippen LogP) is -0.535. The van der Waals surface area contributed by atoms with Gasteiger partial charge in [-0.3, -0.25) is 4.79 Å². The van der Waals surface area contributed by atoms with Crippen LogP contribution in [-0.4, -0.2) is 43.0 Å². The quantitative estimate of drug-likeness (QED) is 0.785. The number of fused-ring (bicyclic) bond motifs is 2. The number of nitrogens with zero attached hydrogens (tertiary/aromatic N) is 1. The molecule has 0 spiro atoms. The largest absolute Gasteiger partial charge is 0.550 e. The van der Waals surface area contributed by atoms with Crippen LogP contribution in [0.1, 0.15) is 24.8 Å². The molecule has 3 aliphatic rings. The third-order valence-electron chi connectivity index (χ3n) is 6.60. The molecule has 1 N–H and O–H groups in total. The molecule has 1 aliphatic heterocycles. The number of piperazine rings is 1. The van der Waals surface area contributed by atoms with Gasteiger partial charge in [0, 0.05) is 23.4 Å². The van der Waals surface area contributed by atoms with Crippen molar-refractivity contribution in [1.82, 2.24) is 4.90 Å². The second-order valence-electron chi connectivity index (χ2n) is 8.09. The van der Waals surface area contributed by atoms with Crippen molar-refractivity contribution >= 4 is 11.9 Å². The van der Waals surface area contributed by atoms with E-state index in [4.69, 9.17) is 0 Å². The zero-order chi connectivity index (χ0) is 18.3. The fraction of sp³-hybridized carbons (Fsp3) is 0.600. The normalized spacial score (nSPS) is 31.3. The van der Waals surface area contributed by atoms with Crippen LogP contribution in [0.5, 0.6) is 0 Å². The van der Waals surface area contributed by atoms with E-state index in [0.29, 0.717) is 13.1 Å². The third-order valence-corrected chi connectivity index (χ3v) is 6.60. The Morgan fingerprint density at radius 1 is 1.15 bits per heavy atom. The molecule has 4 atom stereocenters. The molecule has 140 valence electrons. The number of hydrogen-bond donors (Lipinski definition) is 1. The van der Waals surface area contributed by atoms with Gasteiger partial charge in [0.15, 0.2) is 0 Å². The van der Waals surface area contributed by atoms with Gasteiger partial charge in [-0.2, -0.15) is 0 Å². The molecule has 6 heteroatoms. The average molecular weight is 360 g/mol. The van der Waals surface area contributed by atoms with E-state index in [1.165, 1.54) is 11.0 Å². The van der Waals surface area contributed by atoms with Crippen LogP contribution in [0.15, 0.2) is 24.3 Å². The lowest BCUT2D eigenvalue weighted by Gasteiger charge is -2.38. The molecule has 5 nitrogen and oxygen atoms in total. The molecule has 0 unspecified atom stereocenters. The summed E-state index contributed by atoms with van der Waals surface area (Å²) in [6.45, 7) is 3.63. The van der Waals surface area contributed by atoms with Crippen molar-refractivity contribution in [1.29, 1.82) is 0 Å². The van der Waals surface area contributed by atoms with Crippen LogP contribution in [0, 0.1) is 29.5 Å². The van der Waals surface area contributed by atoms with E-state index in [9.17, 15) is 19.1 Å². The standard InChI is InChI=1S/C20H25FN2O3/c21-16-3-1-2-13(10-16)12-22-6-8-23(9-7-22)19(24)17-14-4-5-15(11-14)18(17)20(25)26/h1-3,10,14-15,17-18H,4-9,11-12H2,(H,25,26)/t14-,15+,17-,18+/m1/s1. The minimum Gasteiger partial charge on any atom is -0.550 e.